The van der Waals surface area contributed by atoms with Crippen LogP contribution in [0.25, 0.3) is 0 Å². The van der Waals surface area contributed by atoms with Crippen LogP contribution in [0.5, 0.6) is 0 Å². The van der Waals surface area contributed by atoms with E-state index in [1.54, 1.807) is 58.0 Å². The number of hydrogen-bond acceptors (Lipinski definition) is 12. The fraction of sp³-hybridized carbons (Fsp3) is 0.657. The van der Waals surface area contributed by atoms with Crippen LogP contribution in [-0.2, 0) is 47.7 Å². The van der Waals surface area contributed by atoms with Crippen LogP contribution in [0.2, 0.25) is 0 Å². The highest BCUT2D eigenvalue weighted by Crippen LogP contribution is 2.75. The van der Waals surface area contributed by atoms with Gasteiger partial charge in [0.1, 0.15) is 29.5 Å². The van der Waals surface area contributed by atoms with E-state index >= 15 is 0 Å². The van der Waals surface area contributed by atoms with E-state index < -0.39 is 99.3 Å². The lowest BCUT2D eigenvalue weighted by molar-refractivity contribution is -0.287. The second kappa shape index (κ2) is 11.4. The number of esters is 5. The van der Waals surface area contributed by atoms with Crippen LogP contribution in [-0.4, -0.2) is 75.9 Å². The van der Waals surface area contributed by atoms with Crippen LogP contribution in [0.4, 0.5) is 0 Å². The molecule has 0 heterocycles. The normalized spacial score (nSPS) is 41.9. The fourth-order valence-electron chi connectivity index (χ4n) is 9.91. The Morgan fingerprint density at radius 3 is 1.96 bits per heavy atom. The average Bonchev–Trinajstić information content (AvgIpc) is 3.30. The summed E-state index contributed by atoms with van der Waals surface area (Å²) in [5, 5.41) is 12.9. The summed E-state index contributed by atoms with van der Waals surface area (Å²) in [7, 11) is 0. The van der Waals surface area contributed by atoms with Crippen LogP contribution >= 0.6 is 0 Å². The molecule has 12 nitrogen and oxygen atoms in total. The Balaban J connectivity index is 1.75. The summed E-state index contributed by atoms with van der Waals surface area (Å²) in [6, 6.07) is 8.31. The van der Waals surface area contributed by atoms with E-state index in [2.05, 4.69) is 0 Å². The van der Waals surface area contributed by atoms with Gasteiger partial charge in [0.05, 0.1) is 17.9 Å². The van der Waals surface area contributed by atoms with Crippen molar-refractivity contribution in [3.63, 3.8) is 0 Å². The van der Waals surface area contributed by atoms with Crippen LogP contribution in [0.15, 0.2) is 30.3 Å². The van der Waals surface area contributed by atoms with E-state index in [-0.39, 0.29) is 31.2 Å². The summed E-state index contributed by atoms with van der Waals surface area (Å²) in [6.45, 7) is 11.7. The van der Waals surface area contributed by atoms with E-state index in [4.69, 9.17) is 23.7 Å². The van der Waals surface area contributed by atoms with Gasteiger partial charge in [-0.05, 0) is 37.8 Å². The van der Waals surface area contributed by atoms with Crippen molar-refractivity contribution in [2.45, 2.75) is 116 Å². The molecule has 4 fully saturated rings. The largest absolute Gasteiger partial charge is 0.461 e. The minimum atomic E-state index is -1.94. The minimum Gasteiger partial charge on any atom is -0.461 e. The smallest absolute Gasteiger partial charge is 0.338 e. The molecule has 4 saturated carbocycles. The average molecular weight is 657 g/mol. The molecule has 0 bridgehead atoms. The summed E-state index contributed by atoms with van der Waals surface area (Å²) in [4.78, 5) is 78.5. The highest BCUT2D eigenvalue weighted by atomic mass is 16.6. The van der Waals surface area contributed by atoms with Crippen LogP contribution in [0.1, 0.15) is 91.4 Å². The Labute approximate surface area is 273 Å². The van der Waals surface area contributed by atoms with Crippen molar-refractivity contribution in [3.05, 3.63) is 35.9 Å². The quantitative estimate of drug-likeness (QED) is 0.350. The predicted molar refractivity (Wildman–Crippen MR) is 162 cm³/mol. The zero-order valence-electron chi connectivity index (χ0n) is 28.1. The maximum atomic E-state index is 14.3. The highest BCUT2D eigenvalue weighted by molar-refractivity contribution is 5.93. The van der Waals surface area contributed by atoms with Gasteiger partial charge in [-0.25, -0.2) is 4.79 Å². The van der Waals surface area contributed by atoms with Gasteiger partial charge in [-0.15, -0.1) is 0 Å². The first-order chi connectivity index (χ1) is 21.7. The number of ketones is 1. The third-order valence-electron chi connectivity index (χ3n) is 11.4. The molecule has 47 heavy (non-hydrogen) atoms. The molecule has 0 radical (unpaired) electrons. The van der Waals surface area contributed by atoms with Crippen LogP contribution < -0.4 is 0 Å². The van der Waals surface area contributed by atoms with Gasteiger partial charge in [-0.3, -0.25) is 24.0 Å². The number of rotatable bonds is 6. The number of benzene rings is 1. The van der Waals surface area contributed by atoms with Crippen LogP contribution in [0, 0.1) is 28.6 Å². The SMILES string of the molecule is CC(=O)O[C@@H]1[C@H]2[C@@H](OC(=O)c3ccccc3)[C@@H](C)C[C@]2(O)[C@H](OC(C)=O)[C@@]2(C)[C@@H]3C[C@@](C)(OC(C)=O)CC(=O)[C@]3(OC(C)=O)C[C@@]12C. The first-order valence-electron chi connectivity index (χ1n) is 16.0. The van der Waals surface area contributed by atoms with E-state index in [1.807, 2.05) is 0 Å². The minimum absolute atomic E-state index is 0.00493. The molecule has 0 saturated heterocycles. The van der Waals surface area contributed by atoms with Gasteiger partial charge in [-0.1, -0.05) is 39.0 Å². The van der Waals surface area contributed by atoms with E-state index in [0.717, 1.165) is 0 Å². The highest BCUT2D eigenvalue weighted by Gasteiger charge is 2.85. The molecule has 1 aromatic rings. The number of carbonyl (C=O) groups excluding carboxylic acids is 6. The van der Waals surface area contributed by atoms with Crippen molar-refractivity contribution in [3.8, 4) is 0 Å². The number of Topliss-reactive ketones (excluding diaryl/α,β-unsaturated/α-hetero) is 1. The van der Waals surface area contributed by atoms with Gasteiger partial charge in [-0.2, -0.15) is 0 Å². The standard InChI is InChI=1S/C35H44O12/c1-18-14-34(42)26(27(18)45-29(41)23-12-10-9-11-13-23)28(43-19(2)36)32(7)17-35(47-22(5)39)24(33(32,8)30(34)44-20(3)37)15-31(6,16-25(35)40)46-21(4)38/h9-13,18,24,26-28,30,42H,14-17H2,1-8H3/t18-,24-,26+,27-,28+,30+,31+,32-,33+,34+,35-/m0/s1. The maximum Gasteiger partial charge on any atom is 0.338 e. The maximum absolute atomic E-state index is 14.3. The number of ether oxygens (including phenoxy) is 5. The molecular weight excluding hydrogens is 612 g/mol. The van der Waals surface area contributed by atoms with E-state index in [1.165, 1.54) is 27.7 Å². The van der Waals surface area contributed by atoms with Crippen molar-refractivity contribution in [1.29, 1.82) is 0 Å². The van der Waals surface area contributed by atoms with Crippen molar-refractivity contribution in [2.75, 3.05) is 0 Å². The molecule has 1 N–H and O–H groups in total. The van der Waals surface area contributed by atoms with Gasteiger partial charge in [0.2, 0.25) is 0 Å². The Morgan fingerprint density at radius 1 is 0.809 bits per heavy atom. The second-order valence-corrected chi connectivity index (χ2v) is 14.7. The number of carbonyl (C=O) groups is 6. The van der Waals surface area contributed by atoms with Crippen molar-refractivity contribution < 1.29 is 57.6 Å². The van der Waals surface area contributed by atoms with Crippen molar-refractivity contribution in [2.24, 2.45) is 28.6 Å². The lowest BCUT2D eigenvalue weighted by Gasteiger charge is -2.62. The molecule has 256 valence electrons. The van der Waals surface area contributed by atoms with Crippen molar-refractivity contribution >= 4 is 35.6 Å². The molecule has 0 aliphatic heterocycles. The molecule has 4 aliphatic rings. The first-order valence-corrected chi connectivity index (χ1v) is 16.0. The summed E-state index contributed by atoms with van der Waals surface area (Å²) in [6.07, 6.45) is -4.00. The molecule has 12 heteroatoms. The molecule has 0 spiro atoms. The van der Waals surface area contributed by atoms with Gasteiger partial charge >= 0.3 is 29.8 Å². The number of hydrogen-bond donors (Lipinski definition) is 1. The van der Waals surface area contributed by atoms with E-state index in [9.17, 15) is 33.9 Å². The van der Waals surface area contributed by atoms with Crippen molar-refractivity contribution in [1.82, 2.24) is 0 Å². The summed E-state index contributed by atoms with van der Waals surface area (Å²) in [5.74, 6) is -6.49. The summed E-state index contributed by atoms with van der Waals surface area (Å²) < 4.78 is 30.0. The molecule has 11 atom stereocenters. The molecular formula is C35H44O12. The Kier molecular flexibility index (Phi) is 8.39. The lowest BCUT2D eigenvalue weighted by Crippen LogP contribution is -2.73. The topological polar surface area (TPSA) is 169 Å². The van der Waals surface area contributed by atoms with Gasteiger partial charge in [0.25, 0.3) is 0 Å². The third kappa shape index (κ3) is 5.23. The van der Waals surface area contributed by atoms with E-state index in [0.29, 0.717) is 0 Å². The lowest BCUT2D eigenvalue weighted by atomic mass is 9.46. The zero-order chi connectivity index (χ0) is 34.9. The summed E-state index contributed by atoms with van der Waals surface area (Å²) in [5.41, 5.74) is -7.53. The number of aliphatic hydroxyl groups is 1. The molecule has 0 unspecified atom stereocenters. The summed E-state index contributed by atoms with van der Waals surface area (Å²) >= 11 is 0. The molecule has 1 aromatic carbocycles. The van der Waals surface area contributed by atoms with Crippen LogP contribution in [0.3, 0.4) is 0 Å². The van der Waals surface area contributed by atoms with Gasteiger partial charge < -0.3 is 28.8 Å². The molecule has 0 aromatic heterocycles. The molecule has 4 aliphatic carbocycles. The Bertz CT molecular complexity index is 1510. The second-order valence-electron chi connectivity index (χ2n) is 14.7. The molecule has 0 amide bonds. The van der Waals surface area contributed by atoms with Gasteiger partial charge in [0, 0.05) is 50.9 Å². The Morgan fingerprint density at radius 2 is 1.40 bits per heavy atom. The first kappa shape index (κ1) is 34.5. The number of fused-ring (bicyclic) bond motifs is 4. The predicted octanol–water partition coefficient (Wildman–Crippen LogP) is 3.50. The van der Waals surface area contributed by atoms with Gasteiger partial charge in [0.15, 0.2) is 11.4 Å². The zero-order valence-corrected chi connectivity index (χ0v) is 28.1. The third-order valence-corrected chi connectivity index (χ3v) is 11.4. The monoisotopic (exact) mass is 656 g/mol. The fourth-order valence-corrected chi connectivity index (χ4v) is 9.91. The molecule has 5 rings (SSSR count). The Hall–Kier alpha value is -3.80.